The number of ether oxygens (including phenoxy) is 1. The third kappa shape index (κ3) is 3.94. The number of oxime groups is 1. The number of carbonyl (C=O) groups excluding carboxylic acids is 1. The third-order valence-electron chi connectivity index (χ3n) is 4.11. The normalized spacial score (nSPS) is 16.7. The van der Waals surface area contributed by atoms with Crippen LogP contribution in [-0.4, -0.2) is 33.1 Å². The molecular formula is C19H19NO5S. The van der Waals surface area contributed by atoms with Crippen LogP contribution in [0, 0.1) is 0 Å². The molecule has 26 heavy (non-hydrogen) atoms. The Morgan fingerprint density at radius 1 is 1.19 bits per heavy atom. The van der Waals surface area contributed by atoms with Crippen LogP contribution in [0.15, 0.2) is 58.6 Å². The van der Waals surface area contributed by atoms with E-state index in [1.807, 2.05) is 24.3 Å². The van der Waals surface area contributed by atoms with Gasteiger partial charge in [-0.3, -0.25) is 4.79 Å². The highest BCUT2D eigenvalue weighted by molar-refractivity contribution is 7.90. The SMILES string of the molecule is CCC(=O)OC1=NOCC1c1cccc(-c2ccc(S(C)(=O)=O)cc2)c1. The molecule has 0 aromatic heterocycles. The molecule has 6 nitrogen and oxygen atoms in total. The van der Waals surface area contributed by atoms with Gasteiger partial charge in [-0.2, -0.15) is 0 Å². The van der Waals surface area contributed by atoms with Crippen LogP contribution in [0.4, 0.5) is 0 Å². The van der Waals surface area contributed by atoms with Crippen LogP contribution in [0.3, 0.4) is 0 Å². The van der Waals surface area contributed by atoms with Crippen molar-refractivity contribution in [2.75, 3.05) is 12.9 Å². The van der Waals surface area contributed by atoms with Crippen molar-refractivity contribution >= 4 is 21.7 Å². The lowest BCUT2D eigenvalue weighted by atomic mass is 9.95. The zero-order valence-corrected chi connectivity index (χ0v) is 15.3. The highest BCUT2D eigenvalue weighted by Gasteiger charge is 2.28. The maximum absolute atomic E-state index is 11.6. The molecule has 2 aromatic carbocycles. The fourth-order valence-corrected chi connectivity index (χ4v) is 3.29. The van der Waals surface area contributed by atoms with E-state index in [0.717, 1.165) is 16.7 Å². The minimum absolute atomic E-state index is 0.249. The first-order valence-electron chi connectivity index (χ1n) is 8.19. The summed E-state index contributed by atoms with van der Waals surface area (Å²) < 4.78 is 28.4. The Labute approximate surface area is 152 Å². The van der Waals surface area contributed by atoms with Crippen LogP contribution in [0.25, 0.3) is 11.1 Å². The molecule has 0 amide bonds. The average Bonchev–Trinajstić information content (AvgIpc) is 3.09. The summed E-state index contributed by atoms with van der Waals surface area (Å²) in [5.41, 5.74) is 2.73. The quantitative estimate of drug-likeness (QED) is 0.769. The summed E-state index contributed by atoms with van der Waals surface area (Å²) in [4.78, 5) is 16.9. The van der Waals surface area contributed by atoms with Crippen molar-refractivity contribution in [1.29, 1.82) is 0 Å². The summed E-state index contributed by atoms with van der Waals surface area (Å²) >= 11 is 0. The largest absolute Gasteiger partial charge is 0.407 e. The number of hydrogen-bond acceptors (Lipinski definition) is 6. The van der Waals surface area contributed by atoms with Crippen molar-refractivity contribution in [2.45, 2.75) is 24.2 Å². The second-order valence-electron chi connectivity index (χ2n) is 6.03. The summed E-state index contributed by atoms with van der Waals surface area (Å²) in [5.74, 6) is -0.339. The summed E-state index contributed by atoms with van der Waals surface area (Å²) in [6.07, 6.45) is 1.44. The Morgan fingerprint density at radius 2 is 1.92 bits per heavy atom. The Balaban J connectivity index is 1.87. The van der Waals surface area contributed by atoms with E-state index in [4.69, 9.17) is 9.57 Å². The maximum atomic E-state index is 11.6. The topological polar surface area (TPSA) is 82.0 Å². The zero-order valence-electron chi connectivity index (χ0n) is 14.5. The molecule has 3 rings (SSSR count). The van der Waals surface area contributed by atoms with E-state index < -0.39 is 9.84 Å². The molecule has 1 heterocycles. The minimum atomic E-state index is -3.23. The van der Waals surface area contributed by atoms with Gasteiger partial charge < -0.3 is 9.57 Å². The molecule has 1 unspecified atom stereocenters. The van der Waals surface area contributed by atoms with Crippen molar-refractivity contribution < 1.29 is 22.8 Å². The molecular weight excluding hydrogens is 354 g/mol. The first-order valence-corrected chi connectivity index (χ1v) is 10.1. The smallest absolute Gasteiger partial charge is 0.312 e. The summed E-state index contributed by atoms with van der Waals surface area (Å²) in [5, 5.41) is 3.83. The Bertz CT molecular complexity index is 948. The zero-order chi connectivity index (χ0) is 18.7. The molecule has 7 heteroatoms. The third-order valence-corrected chi connectivity index (χ3v) is 5.23. The van der Waals surface area contributed by atoms with Crippen molar-refractivity contribution in [3.63, 3.8) is 0 Å². The molecule has 0 spiro atoms. The predicted molar refractivity (Wildman–Crippen MR) is 97.5 cm³/mol. The van der Waals surface area contributed by atoms with E-state index in [0.29, 0.717) is 6.61 Å². The first kappa shape index (κ1) is 18.1. The van der Waals surface area contributed by atoms with Gasteiger partial charge in [0.2, 0.25) is 5.90 Å². The van der Waals surface area contributed by atoms with E-state index in [-0.39, 0.29) is 29.1 Å². The lowest BCUT2D eigenvalue weighted by Crippen LogP contribution is -2.18. The molecule has 2 aromatic rings. The molecule has 0 bridgehead atoms. The number of benzene rings is 2. The summed E-state index contributed by atoms with van der Waals surface area (Å²) in [6, 6.07) is 14.4. The fraction of sp³-hybridized carbons (Fsp3) is 0.263. The van der Waals surface area contributed by atoms with Crippen molar-refractivity contribution in [2.24, 2.45) is 5.16 Å². The van der Waals surface area contributed by atoms with Crippen LogP contribution >= 0.6 is 0 Å². The molecule has 0 N–H and O–H groups in total. The van der Waals surface area contributed by atoms with Gasteiger partial charge in [0, 0.05) is 12.7 Å². The number of esters is 1. The van der Waals surface area contributed by atoms with Gasteiger partial charge in [-0.15, -0.1) is 0 Å². The van der Waals surface area contributed by atoms with Gasteiger partial charge in [0.05, 0.1) is 4.90 Å². The average molecular weight is 373 g/mol. The number of nitrogens with zero attached hydrogens (tertiary/aromatic N) is 1. The van der Waals surface area contributed by atoms with E-state index in [1.54, 1.807) is 31.2 Å². The lowest BCUT2D eigenvalue weighted by Gasteiger charge is -2.12. The van der Waals surface area contributed by atoms with Gasteiger partial charge in [0.25, 0.3) is 0 Å². The van der Waals surface area contributed by atoms with Gasteiger partial charge in [0.1, 0.15) is 12.5 Å². The number of carbonyl (C=O) groups is 1. The van der Waals surface area contributed by atoms with E-state index >= 15 is 0 Å². The van der Waals surface area contributed by atoms with E-state index in [1.165, 1.54) is 6.26 Å². The lowest BCUT2D eigenvalue weighted by molar-refractivity contribution is -0.135. The van der Waals surface area contributed by atoms with E-state index in [9.17, 15) is 13.2 Å². The van der Waals surface area contributed by atoms with Gasteiger partial charge in [-0.05, 0) is 28.8 Å². The van der Waals surface area contributed by atoms with Gasteiger partial charge >= 0.3 is 5.97 Å². The molecule has 0 radical (unpaired) electrons. The van der Waals surface area contributed by atoms with Crippen LogP contribution < -0.4 is 0 Å². The highest BCUT2D eigenvalue weighted by atomic mass is 32.2. The van der Waals surface area contributed by atoms with E-state index in [2.05, 4.69) is 5.16 Å². The highest BCUT2D eigenvalue weighted by Crippen LogP contribution is 2.29. The Kier molecular flexibility index (Phi) is 5.08. The molecule has 1 aliphatic rings. The van der Waals surface area contributed by atoms with Gasteiger partial charge in [-0.1, -0.05) is 48.5 Å². The molecule has 0 aliphatic carbocycles. The number of hydrogen-bond donors (Lipinski definition) is 0. The Morgan fingerprint density at radius 3 is 2.58 bits per heavy atom. The monoisotopic (exact) mass is 373 g/mol. The van der Waals surface area contributed by atoms with Gasteiger partial charge in [-0.25, -0.2) is 8.42 Å². The van der Waals surface area contributed by atoms with Crippen LogP contribution in [0.2, 0.25) is 0 Å². The first-order chi connectivity index (χ1) is 12.4. The van der Waals surface area contributed by atoms with Gasteiger partial charge in [0.15, 0.2) is 9.84 Å². The molecule has 136 valence electrons. The second-order valence-corrected chi connectivity index (χ2v) is 8.04. The summed E-state index contributed by atoms with van der Waals surface area (Å²) in [6.45, 7) is 2.03. The molecule has 1 aliphatic heterocycles. The standard InChI is InChI=1S/C19H19NO5S/c1-3-18(21)25-19-17(12-24-20-19)15-6-4-5-14(11-15)13-7-9-16(10-8-13)26(2,22)23/h4-11,17H,3,12H2,1-2H3. The van der Waals surface area contributed by atoms with Crippen molar-refractivity contribution in [3.05, 3.63) is 54.1 Å². The van der Waals surface area contributed by atoms with Crippen LogP contribution in [0.5, 0.6) is 0 Å². The molecule has 0 fully saturated rings. The number of sulfone groups is 1. The molecule has 0 saturated heterocycles. The minimum Gasteiger partial charge on any atom is -0.407 e. The maximum Gasteiger partial charge on any atom is 0.312 e. The predicted octanol–water partition coefficient (Wildman–Crippen LogP) is 3.14. The van der Waals surface area contributed by atoms with Crippen molar-refractivity contribution in [3.8, 4) is 11.1 Å². The van der Waals surface area contributed by atoms with Crippen molar-refractivity contribution in [1.82, 2.24) is 0 Å². The van der Waals surface area contributed by atoms with Crippen LogP contribution in [0.1, 0.15) is 24.8 Å². The fourth-order valence-electron chi connectivity index (χ4n) is 2.66. The molecule has 0 saturated carbocycles. The molecule has 1 atom stereocenters. The second kappa shape index (κ2) is 7.29. The Hall–Kier alpha value is -2.67. The summed E-state index contributed by atoms with van der Waals surface area (Å²) in [7, 11) is -3.23. The van der Waals surface area contributed by atoms with Crippen LogP contribution in [-0.2, 0) is 24.2 Å². The number of rotatable bonds is 4.